The van der Waals surface area contributed by atoms with E-state index in [0.29, 0.717) is 6.54 Å². The van der Waals surface area contributed by atoms with Gasteiger partial charge in [-0.1, -0.05) is 13.8 Å². The molecular weight excluding hydrogens is 258 g/mol. The van der Waals surface area contributed by atoms with Crippen molar-refractivity contribution in [1.29, 1.82) is 0 Å². The van der Waals surface area contributed by atoms with Crippen LogP contribution in [-0.4, -0.2) is 48.4 Å². The lowest BCUT2D eigenvalue weighted by molar-refractivity contribution is -0.128. The van der Waals surface area contributed by atoms with Crippen molar-refractivity contribution in [3.05, 3.63) is 21.9 Å². The highest BCUT2D eigenvalue weighted by Crippen LogP contribution is 2.28. The van der Waals surface area contributed by atoms with Crippen LogP contribution in [0, 0.1) is 6.92 Å². The Morgan fingerprint density at radius 1 is 1.42 bits per heavy atom. The molecule has 5 heteroatoms. The highest BCUT2D eigenvalue weighted by Gasteiger charge is 2.32. The smallest absolute Gasteiger partial charge is 0.238 e. The minimum absolute atomic E-state index is 0.0711. The van der Waals surface area contributed by atoms with Gasteiger partial charge in [0.2, 0.25) is 5.91 Å². The second-order valence-corrected chi connectivity index (χ2v) is 6.17. The third-order valence-electron chi connectivity index (χ3n) is 3.66. The van der Waals surface area contributed by atoms with Crippen molar-refractivity contribution >= 4 is 17.2 Å². The third kappa shape index (κ3) is 3.35. The van der Waals surface area contributed by atoms with Gasteiger partial charge in [0.25, 0.3) is 0 Å². The van der Waals surface area contributed by atoms with Crippen molar-refractivity contribution in [2.75, 3.05) is 32.7 Å². The van der Waals surface area contributed by atoms with E-state index in [4.69, 9.17) is 0 Å². The van der Waals surface area contributed by atoms with Crippen LogP contribution in [0.25, 0.3) is 0 Å². The summed E-state index contributed by atoms with van der Waals surface area (Å²) in [5, 5.41) is 3.31. The molecule has 0 aromatic carbocycles. The number of hydrogen-bond acceptors (Lipinski definition) is 4. The maximum Gasteiger partial charge on any atom is 0.238 e. The van der Waals surface area contributed by atoms with E-state index in [2.05, 4.69) is 43.1 Å². The van der Waals surface area contributed by atoms with Crippen molar-refractivity contribution in [3.8, 4) is 0 Å². The second kappa shape index (κ2) is 6.50. The number of aryl methyl sites for hydroxylation is 1. The van der Waals surface area contributed by atoms with Crippen molar-refractivity contribution in [1.82, 2.24) is 15.1 Å². The lowest BCUT2D eigenvalue weighted by Crippen LogP contribution is -2.38. The highest BCUT2D eigenvalue weighted by atomic mass is 32.1. The van der Waals surface area contributed by atoms with E-state index in [1.807, 2.05) is 4.90 Å². The largest absolute Gasteiger partial charge is 0.320 e. The van der Waals surface area contributed by atoms with Gasteiger partial charge in [0.15, 0.2) is 0 Å². The average Bonchev–Trinajstić information content (AvgIpc) is 2.98. The van der Waals surface area contributed by atoms with E-state index >= 15 is 0 Å². The number of thiophene rings is 1. The monoisotopic (exact) mass is 281 g/mol. The van der Waals surface area contributed by atoms with Crippen LogP contribution in [0.3, 0.4) is 0 Å². The fourth-order valence-corrected chi connectivity index (χ4v) is 3.40. The summed E-state index contributed by atoms with van der Waals surface area (Å²) in [5.74, 6) is 0.211. The molecule has 0 saturated carbocycles. The van der Waals surface area contributed by atoms with E-state index in [1.54, 1.807) is 11.3 Å². The molecular formula is C14H23N3OS. The molecule has 0 aliphatic carbocycles. The molecule has 0 bridgehead atoms. The normalized spacial score (nSPS) is 19.7. The molecule has 1 atom stereocenters. The average molecular weight is 281 g/mol. The van der Waals surface area contributed by atoms with Crippen molar-refractivity contribution in [3.63, 3.8) is 0 Å². The van der Waals surface area contributed by atoms with Gasteiger partial charge in [-0.25, -0.2) is 0 Å². The molecule has 1 aliphatic rings. The first kappa shape index (κ1) is 14.5. The molecule has 0 spiro atoms. The van der Waals surface area contributed by atoms with Crippen LogP contribution in [0.4, 0.5) is 0 Å². The minimum atomic E-state index is 0.0711. The van der Waals surface area contributed by atoms with Gasteiger partial charge in [-0.3, -0.25) is 10.1 Å². The van der Waals surface area contributed by atoms with Crippen LogP contribution in [0.15, 0.2) is 12.1 Å². The maximum absolute atomic E-state index is 12.0. The first-order chi connectivity index (χ1) is 9.15. The zero-order valence-corrected chi connectivity index (χ0v) is 12.8. The third-order valence-corrected chi connectivity index (χ3v) is 4.71. The Balaban J connectivity index is 2.01. The zero-order valence-electron chi connectivity index (χ0n) is 12.0. The van der Waals surface area contributed by atoms with Crippen molar-refractivity contribution in [2.24, 2.45) is 0 Å². The summed E-state index contributed by atoms with van der Waals surface area (Å²) in [7, 11) is 0. The van der Waals surface area contributed by atoms with Gasteiger partial charge in [-0.2, -0.15) is 0 Å². The van der Waals surface area contributed by atoms with Gasteiger partial charge in [-0.05, 0) is 32.1 Å². The van der Waals surface area contributed by atoms with Gasteiger partial charge in [0.05, 0.1) is 6.54 Å². The molecule has 1 fully saturated rings. The molecule has 1 N–H and O–H groups in total. The predicted molar refractivity (Wildman–Crippen MR) is 79.3 cm³/mol. The van der Waals surface area contributed by atoms with E-state index in [1.165, 1.54) is 9.75 Å². The first-order valence-electron chi connectivity index (χ1n) is 6.97. The van der Waals surface area contributed by atoms with Gasteiger partial charge in [-0.15, -0.1) is 11.3 Å². The summed E-state index contributed by atoms with van der Waals surface area (Å²) in [6.07, 6.45) is 0.0711. The molecule has 0 radical (unpaired) electrons. The van der Waals surface area contributed by atoms with Crippen LogP contribution in [0.1, 0.15) is 29.8 Å². The minimum Gasteiger partial charge on any atom is -0.320 e. The fourth-order valence-electron chi connectivity index (χ4n) is 2.44. The molecule has 4 nitrogen and oxygen atoms in total. The number of carbonyl (C=O) groups excluding carboxylic acids is 1. The molecule has 2 rings (SSSR count). The van der Waals surface area contributed by atoms with Crippen LogP contribution >= 0.6 is 11.3 Å². The number of nitrogens with one attached hydrogen (secondary N) is 1. The van der Waals surface area contributed by atoms with Crippen molar-refractivity contribution in [2.45, 2.75) is 26.9 Å². The summed E-state index contributed by atoms with van der Waals surface area (Å²) >= 11 is 1.77. The Morgan fingerprint density at radius 2 is 2.16 bits per heavy atom. The quantitative estimate of drug-likeness (QED) is 0.864. The second-order valence-electron chi connectivity index (χ2n) is 4.85. The van der Waals surface area contributed by atoms with E-state index in [9.17, 15) is 4.79 Å². The summed E-state index contributed by atoms with van der Waals surface area (Å²) in [6.45, 7) is 10.7. The van der Waals surface area contributed by atoms with Gasteiger partial charge in [0, 0.05) is 22.8 Å². The number of nitrogens with zero attached hydrogens (tertiary/aromatic N) is 2. The Morgan fingerprint density at radius 3 is 2.74 bits per heavy atom. The van der Waals surface area contributed by atoms with Gasteiger partial charge in [0.1, 0.15) is 6.17 Å². The van der Waals surface area contributed by atoms with Gasteiger partial charge >= 0.3 is 0 Å². The molecule has 19 heavy (non-hydrogen) atoms. The lowest BCUT2D eigenvalue weighted by atomic mass is 10.3. The number of rotatable bonds is 6. The fraction of sp³-hybridized carbons (Fsp3) is 0.643. The number of likely N-dealkylation sites (N-methyl/N-ethyl adjacent to an activating group) is 1. The van der Waals surface area contributed by atoms with E-state index < -0.39 is 0 Å². The SMILES string of the molecule is CCN(CC)CCN1C(=O)CNC1c1ccc(C)s1. The Hall–Kier alpha value is -0.910. The highest BCUT2D eigenvalue weighted by molar-refractivity contribution is 7.12. The van der Waals surface area contributed by atoms with E-state index in [0.717, 1.165) is 26.2 Å². The van der Waals surface area contributed by atoms with Gasteiger partial charge < -0.3 is 9.80 Å². The summed E-state index contributed by atoms with van der Waals surface area (Å²) in [5.41, 5.74) is 0. The van der Waals surface area contributed by atoms with Crippen LogP contribution < -0.4 is 5.32 Å². The van der Waals surface area contributed by atoms with Crippen molar-refractivity contribution < 1.29 is 4.79 Å². The Labute approximate surface area is 119 Å². The lowest BCUT2D eigenvalue weighted by Gasteiger charge is -2.27. The van der Waals surface area contributed by atoms with Crippen LogP contribution in [-0.2, 0) is 4.79 Å². The molecule has 1 amide bonds. The van der Waals surface area contributed by atoms with Crippen LogP contribution in [0.5, 0.6) is 0 Å². The first-order valence-corrected chi connectivity index (χ1v) is 7.78. The predicted octanol–water partition coefficient (Wildman–Crippen LogP) is 1.83. The number of carbonyl (C=O) groups is 1. The zero-order chi connectivity index (χ0) is 13.8. The molecule has 1 aromatic heterocycles. The Bertz CT molecular complexity index is 428. The van der Waals surface area contributed by atoms with Crippen LogP contribution in [0.2, 0.25) is 0 Å². The summed E-state index contributed by atoms with van der Waals surface area (Å²) in [4.78, 5) is 18.9. The summed E-state index contributed by atoms with van der Waals surface area (Å²) in [6, 6.07) is 4.24. The molecule has 106 valence electrons. The molecule has 1 aliphatic heterocycles. The molecule has 2 heterocycles. The molecule has 1 aromatic rings. The van der Waals surface area contributed by atoms with E-state index in [-0.39, 0.29) is 12.1 Å². The topological polar surface area (TPSA) is 35.6 Å². The Kier molecular flexibility index (Phi) is 4.96. The number of hydrogen-bond donors (Lipinski definition) is 1. The molecule has 1 unspecified atom stereocenters. The standard InChI is InChI=1S/C14H23N3OS/c1-4-16(5-2)8-9-17-13(18)10-15-14(17)12-7-6-11(3)19-12/h6-7,14-15H,4-5,8-10H2,1-3H3. The number of amides is 1. The summed E-state index contributed by atoms with van der Waals surface area (Å²) < 4.78 is 0. The maximum atomic E-state index is 12.0. The molecule has 1 saturated heterocycles.